The van der Waals surface area contributed by atoms with Gasteiger partial charge in [0.2, 0.25) is 0 Å². The highest BCUT2D eigenvalue weighted by Crippen LogP contribution is 2.23. The Labute approximate surface area is 111 Å². The fraction of sp³-hybridized carbons (Fsp3) is 0.308. The minimum absolute atomic E-state index is 0.322. The lowest BCUT2D eigenvalue weighted by Crippen LogP contribution is -2.21. The first-order chi connectivity index (χ1) is 9.00. The number of aromatic carboxylic acids is 1. The van der Waals surface area contributed by atoms with Crippen LogP contribution in [0.25, 0.3) is 0 Å². The summed E-state index contributed by atoms with van der Waals surface area (Å²) in [5, 5.41) is 13.1. The molecule has 1 heterocycles. The topological polar surface area (TPSA) is 71.2 Å². The van der Waals surface area contributed by atoms with Gasteiger partial charge in [0.1, 0.15) is 12.2 Å². The molecular weight excluding hydrogens is 244 g/mol. The van der Waals surface area contributed by atoms with E-state index in [4.69, 9.17) is 5.11 Å². The van der Waals surface area contributed by atoms with Crippen molar-refractivity contribution in [2.45, 2.75) is 13.5 Å². The molecule has 0 aliphatic rings. The normalized spacial score (nSPS) is 10.5. The third-order valence-electron chi connectivity index (χ3n) is 3.13. The van der Waals surface area contributed by atoms with Crippen LogP contribution in [0.4, 0.5) is 5.69 Å². The molecule has 0 radical (unpaired) electrons. The molecule has 0 aliphatic heterocycles. The summed E-state index contributed by atoms with van der Waals surface area (Å²) in [6.45, 7) is 2.38. The molecule has 0 atom stereocenters. The average Bonchev–Trinajstić information content (AvgIpc) is 2.74. The largest absolute Gasteiger partial charge is 0.478 e. The van der Waals surface area contributed by atoms with Crippen LogP contribution < -0.4 is 4.90 Å². The zero-order valence-electron chi connectivity index (χ0n) is 11.2. The van der Waals surface area contributed by atoms with Crippen LogP contribution in [-0.4, -0.2) is 32.9 Å². The van der Waals surface area contributed by atoms with Gasteiger partial charge in [0.15, 0.2) is 0 Å². The number of hydrogen-bond donors (Lipinski definition) is 1. The average molecular weight is 260 g/mol. The number of nitrogens with zero attached hydrogens (tertiary/aromatic N) is 4. The van der Waals surface area contributed by atoms with E-state index in [9.17, 15) is 4.79 Å². The van der Waals surface area contributed by atoms with E-state index in [1.165, 1.54) is 6.33 Å². The van der Waals surface area contributed by atoms with Gasteiger partial charge >= 0.3 is 5.97 Å². The number of benzene rings is 1. The third kappa shape index (κ3) is 2.57. The molecule has 1 N–H and O–H groups in total. The Morgan fingerprint density at radius 2 is 2.21 bits per heavy atom. The highest BCUT2D eigenvalue weighted by molar-refractivity contribution is 5.91. The highest BCUT2D eigenvalue weighted by atomic mass is 16.4. The standard InChI is InChI=1S/C13H16N4O2/c1-9-10(13(18)19)5-4-6-11(9)16(2)7-12-14-8-15-17(12)3/h4-6,8H,7H2,1-3H3,(H,18,19). The summed E-state index contributed by atoms with van der Waals surface area (Å²) >= 11 is 0. The van der Waals surface area contributed by atoms with Gasteiger partial charge in [-0.15, -0.1) is 0 Å². The number of carboxylic acids is 1. The molecule has 0 unspecified atom stereocenters. The number of rotatable bonds is 4. The summed E-state index contributed by atoms with van der Waals surface area (Å²) < 4.78 is 1.70. The Kier molecular flexibility index (Phi) is 3.50. The van der Waals surface area contributed by atoms with Crippen LogP contribution >= 0.6 is 0 Å². The summed E-state index contributed by atoms with van der Waals surface area (Å²) in [6.07, 6.45) is 1.50. The van der Waals surface area contributed by atoms with Gasteiger partial charge in [-0.25, -0.2) is 9.78 Å². The molecule has 1 aromatic heterocycles. The van der Waals surface area contributed by atoms with Gasteiger partial charge in [0, 0.05) is 19.8 Å². The highest BCUT2D eigenvalue weighted by Gasteiger charge is 2.14. The Bertz CT molecular complexity index is 606. The second kappa shape index (κ2) is 5.09. The van der Waals surface area contributed by atoms with Gasteiger partial charge in [-0.1, -0.05) is 6.07 Å². The van der Waals surface area contributed by atoms with Crippen molar-refractivity contribution in [1.82, 2.24) is 14.8 Å². The van der Waals surface area contributed by atoms with E-state index in [1.807, 2.05) is 32.0 Å². The maximum absolute atomic E-state index is 11.1. The molecule has 0 saturated carbocycles. The van der Waals surface area contributed by atoms with Crippen molar-refractivity contribution < 1.29 is 9.90 Å². The zero-order chi connectivity index (χ0) is 14.0. The number of aryl methyl sites for hydroxylation is 1. The van der Waals surface area contributed by atoms with E-state index < -0.39 is 5.97 Å². The Balaban J connectivity index is 2.29. The molecule has 6 heteroatoms. The Hall–Kier alpha value is -2.37. The number of aromatic nitrogens is 3. The molecule has 0 saturated heterocycles. The van der Waals surface area contributed by atoms with Crippen LogP contribution in [0.15, 0.2) is 24.5 Å². The first-order valence-corrected chi connectivity index (χ1v) is 5.87. The van der Waals surface area contributed by atoms with Gasteiger partial charge < -0.3 is 10.0 Å². The van der Waals surface area contributed by atoms with Crippen molar-refractivity contribution in [1.29, 1.82) is 0 Å². The number of hydrogen-bond acceptors (Lipinski definition) is 4. The van der Waals surface area contributed by atoms with Crippen molar-refractivity contribution >= 4 is 11.7 Å². The Morgan fingerprint density at radius 1 is 1.47 bits per heavy atom. The summed E-state index contributed by atoms with van der Waals surface area (Å²) in [5.74, 6) is -0.0889. The van der Waals surface area contributed by atoms with E-state index in [2.05, 4.69) is 10.1 Å². The quantitative estimate of drug-likeness (QED) is 0.901. The van der Waals surface area contributed by atoms with Crippen LogP contribution in [-0.2, 0) is 13.6 Å². The van der Waals surface area contributed by atoms with E-state index >= 15 is 0 Å². The van der Waals surface area contributed by atoms with Crippen LogP contribution in [0.2, 0.25) is 0 Å². The van der Waals surface area contributed by atoms with Gasteiger partial charge in [-0.05, 0) is 24.6 Å². The van der Waals surface area contributed by atoms with E-state index in [1.54, 1.807) is 16.8 Å². The molecular formula is C13H16N4O2. The van der Waals surface area contributed by atoms with Crippen molar-refractivity contribution in [3.63, 3.8) is 0 Å². The van der Waals surface area contributed by atoms with Crippen LogP contribution in [0.3, 0.4) is 0 Å². The van der Waals surface area contributed by atoms with E-state index in [0.717, 1.165) is 17.1 Å². The third-order valence-corrected chi connectivity index (χ3v) is 3.13. The summed E-state index contributed by atoms with van der Waals surface area (Å²) in [4.78, 5) is 17.2. The summed E-state index contributed by atoms with van der Waals surface area (Å²) in [6, 6.07) is 5.26. The van der Waals surface area contributed by atoms with Gasteiger partial charge in [0.25, 0.3) is 0 Å². The fourth-order valence-corrected chi connectivity index (χ4v) is 2.03. The first-order valence-electron chi connectivity index (χ1n) is 5.87. The lowest BCUT2D eigenvalue weighted by Gasteiger charge is -2.21. The van der Waals surface area contributed by atoms with Crippen LogP contribution in [0.5, 0.6) is 0 Å². The molecule has 0 fully saturated rings. The monoisotopic (exact) mass is 260 g/mol. The van der Waals surface area contributed by atoms with Gasteiger partial charge in [0.05, 0.1) is 12.1 Å². The first kappa shape index (κ1) is 13.1. The lowest BCUT2D eigenvalue weighted by molar-refractivity contribution is 0.0696. The SMILES string of the molecule is Cc1c(C(=O)O)cccc1N(C)Cc1ncnn1C. The predicted octanol–water partition coefficient (Wildman–Crippen LogP) is 1.46. The molecule has 1 aromatic carbocycles. The number of carbonyl (C=O) groups is 1. The van der Waals surface area contributed by atoms with Crippen molar-refractivity contribution in [2.75, 3.05) is 11.9 Å². The summed E-state index contributed by atoms with van der Waals surface area (Å²) in [5.41, 5.74) is 1.95. The van der Waals surface area contributed by atoms with Gasteiger partial charge in [-0.2, -0.15) is 5.10 Å². The zero-order valence-corrected chi connectivity index (χ0v) is 11.2. The predicted molar refractivity (Wildman–Crippen MR) is 71.2 cm³/mol. The Morgan fingerprint density at radius 3 is 2.79 bits per heavy atom. The lowest BCUT2D eigenvalue weighted by atomic mass is 10.1. The molecule has 0 amide bonds. The maximum Gasteiger partial charge on any atom is 0.336 e. The molecule has 100 valence electrons. The van der Waals surface area contributed by atoms with Crippen LogP contribution in [0, 0.1) is 6.92 Å². The molecule has 19 heavy (non-hydrogen) atoms. The van der Waals surface area contributed by atoms with E-state index in [0.29, 0.717) is 12.1 Å². The molecule has 2 aromatic rings. The second-order valence-corrected chi connectivity index (χ2v) is 4.41. The van der Waals surface area contributed by atoms with Gasteiger partial charge in [-0.3, -0.25) is 4.68 Å². The van der Waals surface area contributed by atoms with Crippen LogP contribution in [0.1, 0.15) is 21.7 Å². The smallest absolute Gasteiger partial charge is 0.336 e. The van der Waals surface area contributed by atoms with Crippen molar-refractivity contribution in [3.05, 3.63) is 41.5 Å². The molecule has 0 bridgehead atoms. The molecule has 0 spiro atoms. The second-order valence-electron chi connectivity index (χ2n) is 4.41. The summed E-state index contributed by atoms with van der Waals surface area (Å²) in [7, 11) is 3.74. The number of anilines is 1. The molecule has 0 aliphatic carbocycles. The minimum atomic E-state index is -0.911. The van der Waals surface area contributed by atoms with Crippen molar-refractivity contribution in [2.24, 2.45) is 7.05 Å². The molecule has 2 rings (SSSR count). The minimum Gasteiger partial charge on any atom is -0.478 e. The van der Waals surface area contributed by atoms with E-state index in [-0.39, 0.29) is 0 Å². The molecule has 6 nitrogen and oxygen atoms in total. The maximum atomic E-state index is 11.1. The van der Waals surface area contributed by atoms with Crippen molar-refractivity contribution in [3.8, 4) is 0 Å². The fourth-order valence-electron chi connectivity index (χ4n) is 2.03. The number of carboxylic acid groups (broad SMARTS) is 1.